The molecule has 2 aromatic carbocycles. The summed E-state index contributed by atoms with van der Waals surface area (Å²) < 4.78 is 25.7. The van der Waals surface area contributed by atoms with Crippen LogP contribution in [-0.2, 0) is 21.3 Å². The Bertz CT molecular complexity index is 1220. The van der Waals surface area contributed by atoms with Gasteiger partial charge in [-0.05, 0) is 36.8 Å². The van der Waals surface area contributed by atoms with Crippen LogP contribution >= 0.6 is 23.2 Å². The molecule has 9 heteroatoms. The lowest BCUT2D eigenvalue weighted by atomic mass is 10.2. The number of benzene rings is 2. The Morgan fingerprint density at radius 1 is 1.14 bits per heavy atom. The first-order valence-corrected chi connectivity index (χ1v) is 11.0. The molecule has 6 nitrogen and oxygen atoms in total. The minimum Gasteiger partial charge on any atom is -0.306 e. The van der Waals surface area contributed by atoms with E-state index in [9.17, 15) is 13.2 Å². The maximum atomic E-state index is 12.9. The lowest BCUT2D eigenvalue weighted by molar-refractivity contribution is 0.102. The van der Waals surface area contributed by atoms with Crippen molar-refractivity contribution in [2.75, 3.05) is 5.32 Å². The van der Waals surface area contributed by atoms with E-state index in [4.69, 9.17) is 23.2 Å². The summed E-state index contributed by atoms with van der Waals surface area (Å²) in [6.07, 6.45) is 0. The Hall–Kier alpha value is -2.35. The molecule has 1 aliphatic heterocycles. The predicted octanol–water partition coefficient (Wildman–Crippen LogP) is 4.17. The van der Waals surface area contributed by atoms with Gasteiger partial charge in [0.25, 0.3) is 5.91 Å². The van der Waals surface area contributed by atoms with E-state index in [0.717, 1.165) is 11.3 Å². The number of hydrogen-bond donors (Lipinski definition) is 1. The molecule has 2 heterocycles. The predicted molar refractivity (Wildman–Crippen MR) is 109 cm³/mol. The molecule has 4 rings (SSSR count). The quantitative estimate of drug-likeness (QED) is 0.669. The standard InChI is InChI=1S/C19H15Cl2N3O3S/c1-11-4-2-3-5-17(11)24-18(14-9-28(26,27)10-16(14)23-24)22-19(25)13-8-12(20)6-7-15(13)21/h2-8H,9-10H2,1H3,(H,22,25). The molecule has 0 fully saturated rings. The van der Waals surface area contributed by atoms with Gasteiger partial charge in [-0.25, -0.2) is 13.1 Å². The third-order valence-corrected chi connectivity index (χ3v) is 6.54. The first-order valence-electron chi connectivity index (χ1n) is 8.39. The van der Waals surface area contributed by atoms with Crippen LogP contribution in [0, 0.1) is 6.92 Å². The SMILES string of the molecule is Cc1ccccc1-n1nc2c(c1NC(=O)c1cc(Cl)ccc1Cl)CS(=O)(=O)C2. The lowest BCUT2D eigenvalue weighted by Gasteiger charge is -2.13. The fourth-order valence-electron chi connectivity index (χ4n) is 3.19. The summed E-state index contributed by atoms with van der Waals surface area (Å²) in [5.74, 6) is -0.490. The minimum absolute atomic E-state index is 0.151. The van der Waals surface area contributed by atoms with Gasteiger partial charge >= 0.3 is 0 Å². The average molecular weight is 436 g/mol. The van der Waals surface area contributed by atoms with Crippen LogP contribution in [0.2, 0.25) is 10.0 Å². The van der Waals surface area contributed by atoms with E-state index in [1.165, 1.54) is 12.1 Å². The van der Waals surface area contributed by atoms with Crippen LogP contribution in [0.4, 0.5) is 5.82 Å². The molecule has 0 unspecified atom stereocenters. The second-order valence-corrected chi connectivity index (χ2v) is 9.49. The number of fused-ring (bicyclic) bond motifs is 1. The first kappa shape index (κ1) is 19.0. The number of para-hydroxylation sites is 1. The summed E-state index contributed by atoms with van der Waals surface area (Å²) >= 11 is 12.1. The molecule has 0 radical (unpaired) electrons. The van der Waals surface area contributed by atoms with Crippen LogP contribution in [0.1, 0.15) is 27.2 Å². The fourth-order valence-corrected chi connectivity index (χ4v) is 5.06. The zero-order valence-electron chi connectivity index (χ0n) is 14.7. The second kappa shape index (κ2) is 6.92. The van der Waals surface area contributed by atoms with E-state index in [2.05, 4.69) is 10.4 Å². The summed E-state index contributed by atoms with van der Waals surface area (Å²) in [4.78, 5) is 12.9. The zero-order chi connectivity index (χ0) is 20.1. The molecule has 0 bridgehead atoms. The van der Waals surface area contributed by atoms with Gasteiger partial charge in [0.15, 0.2) is 9.84 Å². The summed E-state index contributed by atoms with van der Waals surface area (Å²) in [6.45, 7) is 1.91. The monoisotopic (exact) mass is 435 g/mol. The van der Waals surface area contributed by atoms with Crippen LogP contribution in [0.5, 0.6) is 0 Å². The molecule has 1 aliphatic rings. The van der Waals surface area contributed by atoms with Gasteiger partial charge < -0.3 is 5.32 Å². The van der Waals surface area contributed by atoms with Crippen molar-refractivity contribution < 1.29 is 13.2 Å². The molecule has 0 saturated carbocycles. The fraction of sp³-hybridized carbons (Fsp3) is 0.158. The molecular formula is C19H15Cl2N3O3S. The number of nitrogens with zero attached hydrogens (tertiary/aromatic N) is 2. The van der Waals surface area contributed by atoms with Gasteiger partial charge in [0.2, 0.25) is 0 Å². The van der Waals surface area contributed by atoms with E-state index in [0.29, 0.717) is 22.1 Å². The highest BCUT2D eigenvalue weighted by molar-refractivity contribution is 7.90. The third-order valence-electron chi connectivity index (χ3n) is 4.54. The van der Waals surface area contributed by atoms with Crippen LogP contribution in [0.25, 0.3) is 5.69 Å². The summed E-state index contributed by atoms with van der Waals surface area (Å²) in [5, 5.41) is 7.87. The van der Waals surface area contributed by atoms with Crippen LogP contribution in [-0.4, -0.2) is 24.1 Å². The molecule has 1 amide bonds. The van der Waals surface area contributed by atoms with E-state index in [1.54, 1.807) is 10.7 Å². The summed E-state index contributed by atoms with van der Waals surface area (Å²) in [7, 11) is -3.28. The number of amides is 1. The van der Waals surface area contributed by atoms with Crippen molar-refractivity contribution >= 4 is 44.8 Å². The average Bonchev–Trinajstić information content (AvgIpc) is 3.10. The van der Waals surface area contributed by atoms with Crippen molar-refractivity contribution in [2.24, 2.45) is 0 Å². The van der Waals surface area contributed by atoms with Crippen molar-refractivity contribution in [3.8, 4) is 5.69 Å². The van der Waals surface area contributed by atoms with E-state index in [-0.39, 0.29) is 22.1 Å². The maximum absolute atomic E-state index is 12.9. The van der Waals surface area contributed by atoms with Gasteiger partial charge in [0, 0.05) is 10.6 Å². The Morgan fingerprint density at radius 3 is 2.64 bits per heavy atom. The molecule has 0 atom stereocenters. The van der Waals surface area contributed by atoms with Crippen molar-refractivity contribution in [1.29, 1.82) is 0 Å². The number of hydrogen-bond acceptors (Lipinski definition) is 4. The van der Waals surface area contributed by atoms with Crippen LogP contribution in [0.3, 0.4) is 0 Å². The van der Waals surface area contributed by atoms with Gasteiger partial charge in [-0.3, -0.25) is 4.79 Å². The van der Waals surface area contributed by atoms with Crippen molar-refractivity contribution in [1.82, 2.24) is 9.78 Å². The minimum atomic E-state index is -3.28. The maximum Gasteiger partial charge on any atom is 0.258 e. The molecule has 0 spiro atoms. The number of aromatic nitrogens is 2. The number of nitrogens with one attached hydrogen (secondary N) is 1. The molecule has 0 aliphatic carbocycles. The number of carbonyl (C=O) groups excluding carboxylic acids is 1. The number of halogens is 2. The van der Waals surface area contributed by atoms with Crippen molar-refractivity contribution in [2.45, 2.75) is 18.4 Å². The normalized spacial score (nSPS) is 14.7. The van der Waals surface area contributed by atoms with E-state index in [1.807, 2.05) is 31.2 Å². The number of sulfone groups is 1. The Morgan fingerprint density at radius 2 is 1.89 bits per heavy atom. The number of rotatable bonds is 3. The van der Waals surface area contributed by atoms with Gasteiger partial charge in [0.05, 0.1) is 33.5 Å². The Balaban J connectivity index is 1.83. The molecular weight excluding hydrogens is 421 g/mol. The first-order chi connectivity index (χ1) is 13.2. The van der Waals surface area contributed by atoms with Crippen LogP contribution in [0.15, 0.2) is 42.5 Å². The second-order valence-electron chi connectivity index (χ2n) is 6.58. The number of carbonyl (C=O) groups is 1. The smallest absolute Gasteiger partial charge is 0.258 e. The van der Waals surface area contributed by atoms with E-state index < -0.39 is 15.7 Å². The summed E-state index contributed by atoms with van der Waals surface area (Å²) in [6, 6.07) is 12.1. The van der Waals surface area contributed by atoms with E-state index >= 15 is 0 Å². The Labute approximate surface area is 172 Å². The van der Waals surface area contributed by atoms with Gasteiger partial charge in [-0.2, -0.15) is 5.10 Å². The van der Waals surface area contributed by atoms with Gasteiger partial charge in [-0.1, -0.05) is 41.4 Å². The van der Waals surface area contributed by atoms with Crippen LogP contribution < -0.4 is 5.32 Å². The van der Waals surface area contributed by atoms with Crippen molar-refractivity contribution in [3.05, 3.63) is 74.9 Å². The third kappa shape index (κ3) is 3.41. The highest BCUT2D eigenvalue weighted by Gasteiger charge is 2.33. The van der Waals surface area contributed by atoms with Crippen molar-refractivity contribution in [3.63, 3.8) is 0 Å². The molecule has 3 aromatic rings. The molecule has 0 saturated heterocycles. The molecule has 1 aromatic heterocycles. The highest BCUT2D eigenvalue weighted by Crippen LogP contribution is 2.34. The molecule has 1 N–H and O–H groups in total. The Kier molecular flexibility index (Phi) is 4.69. The lowest BCUT2D eigenvalue weighted by Crippen LogP contribution is -2.17. The largest absolute Gasteiger partial charge is 0.306 e. The summed E-state index contributed by atoms with van der Waals surface area (Å²) in [5.41, 5.74) is 2.82. The number of aryl methyl sites for hydroxylation is 1. The van der Waals surface area contributed by atoms with Gasteiger partial charge in [-0.15, -0.1) is 0 Å². The van der Waals surface area contributed by atoms with Gasteiger partial charge in [0.1, 0.15) is 5.82 Å². The molecule has 28 heavy (non-hydrogen) atoms. The molecule has 144 valence electrons. The highest BCUT2D eigenvalue weighted by atomic mass is 35.5. The zero-order valence-corrected chi connectivity index (χ0v) is 17.1. The topological polar surface area (TPSA) is 81.1 Å². The number of anilines is 1.